The third kappa shape index (κ3) is 2.40. The van der Waals surface area contributed by atoms with Crippen molar-refractivity contribution in [2.75, 3.05) is 6.61 Å². The number of hydrogen-bond acceptors (Lipinski definition) is 6. The number of carbonyl (C=O) groups is 2. The quantitative estimate of drug-likeness (QED) is 0.575. The Kier molecular flexibility index (Phi) is 3.84. The number of aliphatic hydroxyl groups is 2. The minimum absolute atomic E-state index is 0.00336. The van der Waals surface area contributed by atoms with E-state index in [2.05, 4.69) is 13.2 Å². The lowest BCUT2D eigenvalue weighted by atomic mass is 9.78. The molecule has 0 radical (unpaired) electrons. The van der Waals surface area contributed by atoms with Crippen molar-refractivity contribution in [2.24, 2.45) is 17.8 Å². The average molecular weight is 322 g/mol. The highest BCUT2D eigenvalue weighted by Gasteiger charge is 2.62. The maximum absolute atomic E-state index is 12.3. The van der Waals surface area contributed by atoms with Gasteiger partial charge in [-0.1, -0.05) is 18.7 Å². The van der Waals surface area contributed by atoms with Crippen molar-refractivity contribution in [1.29, 1.82) is 0 Å². The van der Waals surface area contributed by atoms with E-state index >= 15 is 0 Å². The van der Waals surface area contributed by atoms with Crippen LogP contribution >= 0.6 is 0 Å². The van der Waals surface area contributed by atoms with Crippen LogP contribution in [0.25, 0.3) is 0 Å². The first-order valence-electron chi connectivity index (χ1n) is 7.87. The SMILES string of the molecule is C=C1[C@@H]2[C@@H]3OC(=O)[C@](O)(COC(C)=O)[C@@H]3CCC(=C)[C@@H]2C[C@H]1O. The van der Waals surface area contributed by atoms with Gasteiger partial charge in [-0.05, 0) is 30.8 Å². The second kappa shape index (κ2) is 5.46. The summed E-state index contributed by atoms with van der Waals surface area (Å²) in [5.41, 5.74) is -0.246. The van der Waals surface area contributed by atoms with Crippen LogP contribution in [0.5, 0.6) is 0 Å². The number of rotatable bonds is 2. The zero-order chi connectivity index (χ0) is 16.9. The molecule has 0 aromatic carbocycles. The summed E-state index contributed by atoms with van der Waals surface area (Å²) in [6.45, 7) is 8.86. The van der Waals surface area contributed by atoms with Crippen molar-refractivity contribution < 1.29 is 29.3 Å². The van der Waals surface area contributed by atoms with Gasteiger partial charge in [0.1, 0.15) is 12.7 Å². The molecule has 3 fully saturated rings. The van der Waals surface area contributed by atoms with Crippen LogP contribution in [-0.4, -0.2) is 46.6 Å². The second-order valence-corrected chi connectivity index (χ2v) is 6.84. The Balaban J connectivity index is 1.93. The van der Waals surface area contributed by atoms with E-state index in [1.807, 2.05) is 0 Å². The van der Waals surface area contributed by atoms with Crippen LogP contribution in [0.3, 0.4) is 0 Å². The number of esters is 2. The summed E-state index contributed by atoms with van der Waals surface area (Å²) in [5.74, 6) is -2.10. The molecule has 0 aromatic rings. The summed E-state index contributed by atoms with van der Waals surface area (Å²) in [6, 6.07) is 0. The van der Waals surface area contributed by atoms with E-state index in [1.54, 1.807) is 0 Å². The Morgan fingerprint density at radius 1 is 1.48 bits per heavy atom. The molecule has 6 nitrogen and oxygen atoms in total. The van der Waals surface area contributed by atoms with Crippen molar-refractivity contribution in [1.82, 2.24) is 0 Å². The molecular formula is C17H22O6. The van der Waals surface area contributed by atoms with Gasteiger partial charge in [-0.25, -0.2) is 4.79 Å². The van der Waals surface area contributed by atoms with Gasteiger partial charge in [0, 0.05) is 18.8 Å². The lowest BCUT2D eigenvalue weighted by molar-refractivity contribution is -0.166. The molecule has 0 unspecified atom stereocenters. The third-order valence-electron chi connectivity index (χ3n) is 5.52. The van der Waals surface area contributed by atoms with Gasteiger partial charge in [0.05, 0.1) is 6.10 Å². The molecule has 23 heavy (non-hydrogen) atoms. The molecule has 126 valence electrons. The van der Waals surface area contributed by atoms with E-state index in [1.165, 1.54) is 6.92 Å². The molecule has 1 aliphatic heterocycles. The summed E-state index contributed by atoms with van der Waals surface area (Å²) in [6.07, 6.45) is 0.439. The maximum atomic E-state index is 12.3. The Labute approximate surface area is 134 Å². The molecule has 3 aliphatic rings. The summed E-state index contributed by atoms with van der Waals surface area (Å²) in [5, 5.41) is 20.9. The summed E-state index contributed by atoms with van der Waals surface area (Å²) in [7, 11) is 0. The minimum atomic E-state index is -1.85. The molecule has 0 amide bonds. The summed E-state index contributed by atoms with van der Waals surface area (Å²) >= 11 is 0. The van der Waals surface area contributed by atoms with Crippen molar-refractivity contribution >= 4 is 11.9 Å². The first-order valence-corrected chi connectivity index (χ1v) is 7.87. The Bertz CT molecular complexity index is 582. The fraction of sp³-hybridized carbons (Fsp3) is 0.647. The van der Waals surface area contributed by atoms with E-state index in [-0.39, 0.29) is 11.8 Å². The summed E-state index contributed by atoms with van der Waals surface area (Å²) in [4.78, 5) is 23.3. The highest BCUT2D eigenvalue weighted by Crippen LogP contribution is 2.53. The standard InChI is InChI=1S/C17H22O6/c1-8-4-5-12-15(14-9(2)13(19)6-11(8)14)23-16(20)17(12,21)7-22-10(3)18/h11-15,19,21H,1-2,4-7H2,3H3/t11-,12+,13+,14-,15+,17-/m0/s1. The van der Waals surface area contributed by atoms with Crippen LogP contribution in [0.1, 0.15) is 26.2 Å². The van der Waals surface area contributed by atoms with Crippen molar-refractivity contribution in [3.63, 3.8) is 0 Å². The van der Waals surface area contributed by atoms with Crippen LogP contribution < -0.4 is 0 Å². The Morgan fingerprint density at radius 3 is 2.83 bits per heavy atom. The molecule has 2 aliphatic carbocycles. The van der Waals surface area contributed by atoms with E-state index in [0.29, 0.717) is 24.8 Å². The van der Waals surface area contributed by atoms with Gasteiger partial charge in [0.15, 0.2) is 0 Å². The highest BCUT2D eigenvalue weighted by molar-refractivity contribution is 5.83. The molecule has 0 bridgehead atoms. The molecule has 6 heteroatoms. The minimum Gasteiger partial charge on any atom is -0.462 e. The van der Waals surface area contributed by atoms with Crippen molar-refractivity contribution in [2.45, 2.75) is 44.0 Å². The van der Waals surface area contributed by atoms with E-state index in [4.69, 9.17) is 9.47 Å². The van der Waals surface area contributed by atoms with Gasteiger partial charge in [-0.2, -0.15) is 0 Å². The van der Waals surface area contributed by atoms with Crippen LogP contribution in [0.4, 0.5) is 0 Å². The zero-order valence-electron chi connectivity index (χ0n) is 13.2. The van der Waals surface area contributed by atoms with Crippen LogP contribution in [0.15, 0.2) is 24.3 Å². The molecule has 6 atom stereocenters. The Morgan fingerprint density at radius 2 is 2.17 bits per heavy atom. The van der Waals surface area contributed by atoms with Gasteiger partial charge >= 0.3 is 11.9 Å². The third-order valence-corrected chi connectivity index (χ3v) is 5.52. The molecule has 2 N–H and O–H groups in total. The lowest BCUT2D eigenvalue weighted by Gasteiger charge is -2.29. The number of carbonyl (C=O) groups excluding carboxylic acids is 2. The number of allylic oxidation sites excluding steroid dienone is 1. The van der Waals surface area contributed by atoms with E-state index in [0.717, 1.165) is 5.57 Å². The topological polar surface area (TPSA) is 93.1 Å². The zero-order valence-corrected chi connectivity index (χ0v) is 13.2. The second-order valence-electron chi connectivity index (χ2n) is 6.84. The molecule has 0 aromatic heterocycles. The number of aliphatic hydroxyl groups excluding tert-OH is 1. The fourth-order valence-corrected chi connectivity index (χ4v) is 4.24. The normalized spacial score (nSPS) is 42.7. The Hall–Kier alpha value is -1.66. The predicted molar refractivity (Wildman–Crippen MR) is 80.1 cm³/mol. The predicted octanol–water partition coefficient (Wildman–Crippen LogP) is 0.725. The van der Waals surface area contributed by atoms with Crippen molar-refractivity contribution in [3.05, 3.63) is 24.3 Å². The van der Waals surface area contributed by atoms with Crippen LogP contribution in [0, 0.1) is 17.8 Å². The number of hydrogen-bond donors (Lipinski definition) is 2. The molecule has 1 saturated heterocycles. The molecule has 2 saturated carbocycles. The fourth-order valence-electron chi connectivity index (χ4n) is 4.24. The first kappa shape index (κ1) is 16.2. The molecule has 1 heterocycles. The maximum Gasteiger partial charge on any atom is 0.342 e. The largest absolute Gasteiger partial charge is 0.462 e. The van der Waals surface area contributed by atoms with Gasteiger partial charge in [-0.3, -0.25) is 4.79 Å². The smallest absolute Gasteiger partial charge is 0.342 e. The molecular weight excluding hydrogens is 300 g/mol. The molecule has 3 rings (SSSR count). The van der Waals surface area contributed by atoms with Gasteiger partial charge in [0.2, 0.25) is 5.60 Å². The highest BCUT2D eigenvalue weighted by atomic mass is 16.6. The van der Waals surface area contributed by atoms with Gasteiger partial charge in [0.25, 0.3) is 0 Å². The van der Waals surface area contributed by atoms with Gasteiger partial charge < -0.3 is 19.7 Å². The number of fused-ring (bicyclic) bond motifs is 3. The lowest BCUT2D eigenvalue weighted by Crippen LogP contribution is -2.47. The number of ether oxygens (including phenoxy) is 2. The average Bonchev–Trinajstić information content (AvgIpc) is 2.85. The monoisotopic (exact) mass is 322 g/mol. The summed E-state index contributed by atoms with van der Waals surface area (Å²) < 4.78 is 10.4. The first-order chi connectivity index (χ1) is 10.8. The van der Waals surface area contributed by atoms with Crippen molar-refractivity contribution in [3.8, 4) is 0 Å². The van der Waals surface area contributed by atoms with Crippen LogP contribution in [-0.2, 0) is 19.1 Å². The van der Waals surface area contributed by atoms with Gasteiger partial charge in [-0.15, -0.1) is 0 Å². The van der Waals surface area contributed by atoms with E-state index in [9.17, 15) is 19.8 Å². The van der Waals surface area contributed by atoms with Crippen LogP contribution in [0.2, 0.25) is 0 Å². The molecule has 0 spiro atoms. The van der Waals surface area contributed by atoms with E-state index < -0.39 is 42.3 Å².